The van der Waals surface area contributed by atoms with Gasteiger partial charge >= 0.3 is 0 Å². The van der Waals surface area contributed by atoms with Crippen LogP contribution in [0.3, 0.4) is 0 Å². The lowest BCUT2D eigenvalue weighted by Gasteiger charge is -2.18. The summed E-state index contributed by atoms with van der Waals surface area (Å²) in [7, 11) is -2.82. The molecule has 0 unspecified atom stereocenters. The summed E-state index contributed by atoms with van der Waals surface area (Å²) in [6.45, 7) is 4.88. The van der Waals surface area contributed by atoms with Crippen LogP contribution in [0.4, 0.5) is 5.69 Å². The summed E-state index contributed by atoms with van der Waals surface area (Å²) in [6, 6.07) is 8.11. The van der Waals surface area contributed by atoms with Crippen molar-refractivity contribution in [2.75, 3.05) is 23.4 Å². The highest BCUT2D eigenvalue weighted by Gasteiger charge is 2.27. The first-order chi connectivity index (χ1) is 10.5. The number of fused-ring (bicyclic) bond motifs is 1. The van der Waals surface area contributed by atoms with Gasteiger partial charge in [-0.05, 0) is 37.3 Å². The van der Waals surface area contributed by atoms with Gasteiger partial charge in [-0.15, -0.1) is 0 Å². The molecule has 2 aromatic rings. The zero-order chi connectivity index (χ0) is 15.7. The molecule has 3 rings (SSSR count). The summed E-state index contributed by atoms with van der Waals surface area (Å²) >= 11 is 0. The third kappa shape index (κ3) is 2.95. The second kappa shape index (κ2) is 5.88. The Morgan fingerprint density at radius 3 is 2.77 bits per heavy atom. The summed E-state index contributed by atoms with van der Waals surface area (Å²) in [5.41, 5.74) is 4.37. The van der Waals surface area contributed by atoms with Crippen LogP contribution in [-0.2, 0) is 16.3 Å². The lowest BCUT2D eigenvalue weighted by Crippen LogP contribution is -2.17. The summed E-state index contributed by atoms with van der Waals surface area (Å²) in [5, 5.41) is 4.64. The van der Waals surface area contributed by atoms with Crippen LogP contribution in [0, 0.1) is 12.8 Å². The van der Waals surface area contributed by atoms with E-state index in [2.05, 4.69) is 23.3 Å². The summed E-state index contributed by atoms with van der Waals surface area (Å²) < 4.78 is 23.2. The molecule has 118 valence electrons. The van der Waals surface area contributed by atoms with Crippen LogP contribution in [0.2, 0.25) is 0 Å². The van der Waals surface area contributed by atoms with E-state index in [4.69, 9.17) is 0 Å². The Hall–Kier alpha value is -1.62. The maximum absolute atomic E-state index is 11.6. The fourth-order valence-corrected chi connectivity index (χ4v) is 5.15. The van der Waals surface area contributed by atoms with E-state index in [1.165, 1.54) is 5.56 Å². The lowest BCUT2D eigenvalue weighted by atomic mass is 10.0. The molecule has 0 aliphatic carbocycles. The highest BCUT2D eigenvalue weighted by molar-refractivity contribution is 7.91. The first-order valence-corrected chi connectivity index (χ1v) is 9.65. The first-order valence-electron chi connectivity index (χ1n) is 7.82. The van der Waals surface area contributed by atoms with Crippen molar-refractivity contribution in [2.24, 2.45) is 5.92 Å². The molecule has 1 saturated heterocycles. The minimum atomic E-state index is -2.82. The Labute approximate surface area is 131 Å². The molecule has 2 heterocycles. The topological polar surface area (TPSA) is 59.1 Å². The molecular weight excluding hydrogens is 296 g/mol. The quantitative estimate of drug-likeness (QED) is 0.941. The smallest absolute Gasteiger partial charge is 0.150 e. The predicted molar refractivity (Wildman–Crippen MR) is 91.1 cm³/mol. The number of sulfone groups is 1. The normalized spacial score (nSPS) is 20.4. The molecule has 0 bridgehead atoms. The standard InChI is InChI=1S/C17H22N2O2S/c1-3-14-12(2)19-16-7-5-4-6-15(16)17(14)18-10-13-8-9-22(20,21)11-13/h4-7,13H,3,8-11H2,1-2H3,(H,18,19)/t13-/m0/s1. The zero-order valence-corrected chi connectivity index (χ0v) is 13.9. The first kappa shape index (κ1) is 15.3. The van der Waals surface area contributed by atoms with E-state index in [1.54, 1.807) is 0 Å². The molecule has 1 fully saturated rings. The van der Waals surface area contributed by atoms with E-state index in [9.17, 15) is 8.42 Å². The number of hydrogen-bond acceptors (Lipinski definition) is 4. The largest absolute Gasteiger partial charge is 0.384 e. The van der Waals surface area contributed by atoms with Gasteiger partial charge in [-0.2, -0.15) is 0 Å². The van der Waals surface area contributed by atoms with E-state index in [0.29, 0.717) is 18.1 Å². The molecule has 0 saturated carbocycles. The van der Waals surface area contributed by atoms with E-state index in [0.717, 1.165) is 35.1 Å². The van der Waals surface area contributed by atoms with Crippen LogP contribution >= 0.6 is 0 Å². The van der Waals surface area contributed by atoms with Crippen molar-refractivity contribution in [3.05, 3.63) is 35.5 Å². The number of rotatable bonds is 4. The van der Waals surface area contributed by atoms with Gasteiger partial charge in [0, 0.05) is 23.3 Å². The van der Waals surface area contributed by atoms with Gasteiger partial charge in [0.05, 0.1) is 17.0 Å². The van der Waals surface area contributed by atoms with Crippen LogP contribution in [0.25, 0.3) is 10.9 Å². The van der Waals surface area contributed by atoms with Crippen molar-refractivity contribution in [3.63, 3.8) is 0 Å². The Balaban J connectivity index is 1.92. The summed E-state index contributed by atoms with van der Waals surface area (Å²) in [5.74, 6) is 0.849. The fourth-order valence-electron chi connectivity index (χ4n) is 3.29. The molecule has 1 aromatic heterocycles. The van der Waals surface area contributed by atoms with Crippen LogP contribution in [0.5, 0.6) is 0 Å². The van der Waals surface area contributed by atoms with Gasteiger partial charge in [0.15, 0.2) is 9.84 Å². The van der Waals surface area contributed by atoms with Crippen LogP contribution in [0.1, 0.15) is 24.6 Å². The number of hydrogen-bond donors (Lipinski definition) is 1. The van der Waals surface area contributed by atoms with Crippen molar-refractivity contribution in [1.82, 2.24) is 4.98 Å². The molecule has 4 nitrogen and oxygen atoms in total. The second-order valence-electron chi connectivity index (χ2n) is 6.07. The maximum atomic E-state index is 11.6. The second-order valence-corrected chi connectivity index (χ2v) is 8.30. The highest BCUT2D eigenvalue weighted by atomic mass is 32.2. The van der Waals surface area contributed by atoms with Crippen molar-refractivity contribution in [2.45, 2.75) is 26.7 Å². The average molecular weight is 318 g/mol. The number of aryl methyl sites for hydroxylation is 1. The number of pyridine rings is 1. The minimum Gasteiger partial charge on any atom is -0.384 e. The van der Waals surface area contributed by atoms with Crippen molar-refractivity contribution >= 4 is 26.4 Å². The van der Waals surface area contributed by atoms with Gasteiger partial charge in [-0.3, -0.25) is 4.98 Å². The van der Waals surface area contributed by atoms with Crippen LogP contribution in [-0.4, -0.2) is 31.5 Å². The zero-order valence-electron chi connectivity index (χ0n) is 13.1. The SMILES string of the molecule is CCc1c(C)nc2ccccc2c1NC[C@@H]1CCS(=O)(=O)C1. The van der Waals surface area contributed by atoms with Crippen LogP contribution < -0.4 is 5.32 Å². The Morgan fingerprint density at radius 2 is 2.09 bits per heavy atom. The molecule has 1 atom stereocenters. The fraction of sp³-hybridized carbons (Fsp3) is 0.471. The van der Waals surface area contributed by atoms with Gasteiger partial charge in [-0.25, -0.2) is 8.42 Å². The van der Waals surface area contributed by atoms with Gasteiger partial charge in [0.2, 0.25) is 0 Å². The van der Waals surface area contributed by atoms with E-state index < -0.39 is 9.84 Å². The molecule has 1 aliphatic heterocycles. The van der Waals surface area contributed by atoms with E-state index in [1.807, 2.05) is 25.1 Å². The number of benzene rings is 1. The third-order valence-corrected chi connectivity index (χ3v) is 6.28. The Morgan fingerprint density at radius 1 is 1.32 bits per heavy atom. The highest BCUT2D eigenvalue weighted by Crippen LogP contribution is 2.30. The summed E-state index contributed by atoms with van der Waals surface area (Å²) in [4.78, 5) is 4.67. The average Bonchev–Trinajstić information content (AvgIpc) is 2.83. The molecule has 1 aromatic carbocycles. The van der Waals surface area contributed by atoms with Gasteiger partial charge in [0.25, 0.3) is 0 Å². The summed E-state index contributed by atoms with van der Waals surface area (Å²) in [6.07, 6.45) is 1.67. The molecule has 1 aliphatic rings. The van der Waals surface area contributed by atoms with Crippen molar-refractivity contribution < 1.29 is 8.42 Å². The Kier molecular flexibility index (Phi) is 4.08. The molecule has 1 N–H and O–H groups in total. The van der Waals surface area contributed by atoms with E-state index in [-0.39, 0.29) is 5.92 Å². The van der Waals surface area contributed by atoms with Crippen LogP contribution in [0.15, 0.2) is 24.3 Å². The molecule has 5 heteroatoms. The predicted octanol–water partition coefficient (Wildman–Crippen LogP) is 2.95. The van der Waals surface area contributed by atoms with Crippen molar-refractivity contribution in [1.29, 1.82) is 0 Å². The van der Waals surface area contributed by atoms with Crippen molar-refractivity contribution in [3.8, 4) is 0 Å². The molecule has 0 spiro atoms. The van der Waals surface area contributed by atoms with E-state index >= 15 is 0 Å². The minimum absolute atomic E-state index is 0.210. The van der Waals surface area contributed by atoms with Gasteiger partial charge in [-0.1, -0.05) is 25.1 Å². The molecule has 0 amide bonds. The Bertz CT molecular complexity index is 800. The van der Waals surface area contributed by atoms with Gasteiger partial charge in [0.1, 0.15) is 0 Å². The number of anilines is 1. The molecule has 0 radical (unpaired) electrons. The molecular formula is C17H22N2O2S. The third-order valence-electron chi connectivity index (χ3n) is 4.45. The number of para-hydroxylation sites is 1. The number of aromatic nitrogens is 1. The number of nitrogens with one attached hydrogen (secondary N) is 1. The maximum Gasteiger partial charge on any atom is 0.150 e. The van der Waals surface area contributed by atoms with Gasteiger partial charge < -0.3 is 5.32 Å². The number of nitrogens with zero attached hydrogens (tertiary/aromatic N) is 1. The molecule has 22 heavy (non-hydrogen) atoms. The monoisotopic (exact) mass is 318 g/mol. The lowest BCUT2D eigenvalue weighted by molar-refractivity contribution is 0.596.